The summed E-state index contributed by atoms with van der Waals surface area (Å²) in [5.41, 5.74) is 2.63. The number of amides is 1. The molecular formula is C21H23NO5S. The number of esters is 1. The molecule has 3 rings (SSSR count). The molecule has 1 amide bonds. The van der Waals surface area contributed by atoms with Gasteiger partial charge in [-0.05, 0) is 56.5 Å². The molecule has 2 aromatic carbocycles. The molecule has 7 heteroatoms. The smallest absolute Gasteiger partial charge is 0.339 e. The Morgan fingerprint density at radius 1 is 1.18 bits per heavy atom. The van der Waals surface area contributed by atoms with Crippen molar-refractivity contribution in [1.82, 2.24) is 0 Å². The van der Waals surface area contributed by atoms with Gasteiger partial charge < -0.3 is 9.64 Å². The van der Waals surface area contributed by atoms with E-state index < -0.39 is 21.9 Å². The summed E-state index contributed by atoms with van der Waals surface area (Å²) >= 11 is 0. The minimum absolute atomic E-state index is 0.0265. The average molecular weight is 401 g/mol. The topological polar surface area (TPSA) is 80.7 Å². The second-order valence-electron chi connectivity index (χ2n) is 7.19. The summed E-state index contributed by atoms with van der Waals surface area (Å²) in [5.74, 6) is -1.02. The SMILES string of the molecule is Cc1ccc(S(C)(=O)=O)cc1C(=O)O[C@@H](C)C(=O)N1c2ccccc2C[C@@H]1C. The molecule has 0 saturated carbocycles. The maximum atomic E-state index is 12.9. The predicted molar refractivity (Wildman–Crippen MR) is 106 cm³/mol. The highest BCUT2D eigenvalue weighted by Gasteiger charge is 2.34. The molecule has 0 bridgehead atoms. The Morgan fingerprint density at radius 3 is 2.54 bits per heavy atom. The first-order valence-electron chi connectivity index (χ1n) is 9.02. The van der Waals surface area contributed by atoms with Crippen LogP contribution in [0, 0.1) is 6.92 Å². The largest absolute Gasteiger partial charge is 0.449 e. The van der Waals surface area contributed by atoms with Crippen LogP contribution in [0.1, 0.15) is 35.3 Å². The van der Waals surface area contributed by atoms with Crippen LogP contribution in [0.15, 0.2) is 47.4 Å². The molecule has 0 saturated heterocycles. The summed E-state index contributed by atoms with van der Waals surface area (Å²) < 4.78 is 28.9. The number of nitrogens with zero attached hydrogens (tertiary/aromatic N) is 1. The van der Waals surface area contributed by atoms with Crippen LogP contribution in [0.2, 0.25) is 0 Å². The highest BCUT2D eigenvalue weighted by molar-refractivity contribution is 7.90. The Morgan fingerprint density at radius 2 is 1.86 bits per heavy atom. The van der Waals surface area contributed by atoms with Crippen molar-refractivity contribution in [1.29, 1.82) is 0 Å². The minimum atomic E-state index is -3.46. The molecule has 1 aliphatic heterocycles. The summed E-state index contributed by atoms with van der Waals surface area (Å²) in [6.07, 6.45) is 0.825. The number of aryl methyl sites for hydroxylation is 1. The zero-order valence-corrected chi connectivity index (χ0v) is 17.1. The molecule has 0 aromatic heterocycles. The second kappa shape index (κ2) is 7.39. The van der Waals surface area contributed by atoms with Crippen molar-refractivity contribution in [2.45, 2.75) is 44.2 Å². The Bertz CT molecular complexity index is 1040. The average Bonchev–Trinajstić information content (AvgIpc) is 2.95. The van der Waals surface area contributed by atoms with E-state index in [9.17, 15) is 18.0 Å². The molecule has 2 atom stereocenters. The van der Waals surface area contributed by atoms with E-state index >= 15 is 0 Å². The lowest BCUT2D eigenvalue weighted by molar-refractivity contribution is -0.126. The van der Waals surface area contributed by atoms with Crippen molar-refractivity contribution >= 4 is 27.4 Å². The highest BCUT2D eigenvalue weighted by Crippen LogP contribution is 2.32. The molecule has 1 aliphatic rings. The number of benzene rings is 2. The van der Waals surface area contributed by atoms with Crippen molar-refractivity contribution < 1.29 is 22.7 Å². The van der Waals surface area contributed by atoms with E-state index in [0.29, 0.717) is 5.56 Å². The van der Waals surface area contributed by atoms with Gasteiger partial charge in [0.05, 0.1) is 10.5 Å². The zero-order valence-electron chi connectivity index (χ0n) is 16.3. The van der Waals surface area contributed by atoms with E-state index in [4.69, 9.17) is 4.74 Å². The fourth-order valence-corrected chi connectivity index (χ4v) is 4.07. The minimum Gasteiger partial charge on any atom is -0.449 e. The van der Waals surface area contributed by atoms with Gasteiger partial charge in [0, 0.05) is 18.0 Å². The number of rotatable bonds is 4. The van der Waals surface area contributed by atoms with Gasteiger partial charge >= 0.3 is 5.97 Å². The van der Waals surface area contributed by atoms with Crippen LogP contribution in [-0.4, -0.2) is 38.7 Å². The van der Waals surface area contributed by atoms with Gasteiger partial charge in [-0.15, -0.1) is 0 Å². The van der Waals surface area contributed by atoms with Crippen LogP contribution in [0.3, 0.4) is 0 Å². The third kappa shape index (κ3) is 3.80. The molecule has 28 heavy (non-hydrogen) atoms. The van der Waals surface area contributed by atoms with E-state index in [1.807, 2.05) is 31.2 Å². The van der Waals surface area contributed by atoms with Gasteiger partial charge in [0.1, 0.15) is 0 Å². The number of hydrogen-bond acceptors (Lipinski definition) is 5. The zero-order chi connectivity index (χ0) is 20.6. The van der Waals surface area contributed by atoms with Crippen molar-refractivity contribution in [3.05, 3.63) is 59.2 Å². The molecule has 0 spiro atoms. The van der Waals surface area contributed by atoms with Crippen LogP contribution in [0.4, 0.5) is 5.69 Å². The van der Waals surface area contributed by atoms with Crippen LogP contribution in [-0.2, 0) is 25.8 Å². The van der Waals surface area contributed by atoms with Gasteiger partial charge in [-0.3, -0.25) is 4.79 Å². The molecule has 2 aromatic rings. The first kappa shape index (κ1) is 20.1. The molecule has 0 radical (unpaired) electrons. The van der Waals surface area contributed by atoms with Crippen molar-refractivity contribution in [3.8, 4) is 0 Å². The van der Waals surface area contributed by atoms with Crippen molar-refractivity contribution in [2.24, 2.45) is 0 Å². The van der Waals surface area contributed by atoms with Crippen LogP contribution in [0.25, 0.3) is 0 Å². The normalized spacial score (nSPS) is 17.1. The number of ether oxygens (including phenoxy) is 1. The molecule has 148 valence electrons. The van der Waals surface area contributed by atoms with Gasteiger partial charge in [0.15, 0.2) is 15.9 Å². The molecule has 0 aliphatic carbocycles. The maximum absolute atomic E-state index is 12.9. The van der Waals surface area contributed by atoms with E-state index in [-0.39, 0.29) is 22.4 Å². The molecule has 0 fully saturated rings. The maximum Gasteiger partial charge on any atom is 0.339 e. The first-order valence-corrected chi connectivity index (χ1v) is 10.9. The summed E-state index contributed by atoms with van der Waals surface area (Å²) in [6, 6.07) is 11.9. The van der Waals surface area contributed by atoms with Gasteiger partial charge in [-0.2, -0.15) is 0 Å². The standard InChI is InChI=1S/C21H23NO5S/c1-13-9-10-17(28(4,25)26)12-18(13)21(24)27-15(3)20(23)22-14(2)11-16-7-5-6-8-19(16)22/h5-10,12,14-15H,11H2,1-4H3/t14-,15-/m0/s1. The van der Waals surface area contributed by atoms with Gasteiger partial charge in [-0.25, -0.2) is 13.2 Å². The van der Waals surface area contributed by atoms with Gasteiger partial charge in [0.25, 0.3) is 5.91 Å². The molecule has 0 unspecified atom stereocenters. The quantitative estimate of drug-likeness (QED) is 0.736. The Balaban J connectivity index is 1.81. The summed E-state index contributed by atoms with van der Waals surface area (Å²) in [4.78, 5) is 27.3. The molecular weight excluding hydrogens is 378 g/mol. The second-order valence-corrected chi connectivity index (χ2v) is 9.20. The van der Waals surface area contributed by atoms with Gasteiger partial charge in [0.2, 0.25) is 0 Å². The highest BCUT2D eigenvalue weighted by atomic mass is 32.2. The van der Waals surface area contributed by atoms with E-state index in [1.165, 1.54) is 19.1 Å². The fourth-order valence-electron chi connectivity index (χ4n) is 3.42. The van der Waals surface area contributed by atoms with Crippen LogP contribution in [0.5, 0.6) is 0 Å². The van der Waals surface area contributed by atoms with Crippen LogP contribution >= 0.6 is 0 Å². The third-order valence-corrected chi connectivity index (χ3v) is 6.04. The number of para-hydroxylation sites is 1. The number of fused-ring (bicyclic) bond motifs is 1. The number of sulfone groups is 1. The van der Waals surface area contributed by atoms with Gasteiger partial charge in [-0.1, -0.05) is 24.3 Å². The molecule has 0 N–H and O–H groups in total. The Kier molecular flexibility index (Phi) is 5.30. The summed E-state index contributed by atoms with van der Waals surface area (Å²) in [5, 5.41) is 0. The summed E-state index contributed by atoms with van der Waals surface area (Å²) in [7, 11) is -3.46. The fraction of sp³-hybridized carbons (Fsp3) is 0.333. The lowest BCUT2D eigenvalue weighted by atomic mass is 10.1. The van der Waals surface area contributed by atoms with E-state index in [0.717, 1.165) is 23.9 Å². The van der Waals surface area contributed by atoms with Crippen molar-refractivity contribution in [3.63, 3.8) is 0 Å². The van der Waals surface area contributed by atoms with Crippen molar-refractivity contribution in [2.75, 3.05) is 11.2 Å². The van der Waals surface area contributed by atoms with E-state index in [2.05, 4.69) is 0 Å². The lowest BCUT2D eigenvalue weighted by Crippen LogP contribution is -2.43. The van der Waals surface area contributed by atoms with E-state index in [1.54, 1.807) is 17.9 Å². The molecule has 1 heterocycles. The summed E-state index contributed by atoms with van der Waals surface area (Å²) in [6.45, 7) is 5.17. The lowest BCUT2D eigenvalue weighted by Gasteiger charge is -2.26. The predicted octanol–water partition coefficient (Wildman–Crippen LogP) is 2.92. The first-order chi connectivity index (χ1) is 13.1. The van der Waals surface area contributed by atoms with Crippen LogP contribution < -0.4 is 4.90 Å². The molecule has 6 nitrogen and oxygen atoms in total. The number of hydrogen-bond donors (Lipinski definition) is 0. The number of anilines is 1. The third-order valence-electron chi connectivity index (χ3n) is 4.93. The monoisotopic (exact) mass is 401 g/mol. The number of carbonyl (C=O) groups excluding carboxylic acids is 2. The number of carbonyl (C=O) groups is 2. The Hall–Kier alpha value is -2.67. The Labute approximate surface area is 165 Å².